The van der Waals surface area contributed by atoms with Crippen LogP contribution in [0.3, 0.4) is 0 Å². The van der Waals surface area contributed by atoms with Crippen LogP contribution in [0.1, 0.15) is 19.8 Å². The largest absolute Gasteiger partial charge is 0.338 e. The number of hydrogen-bond donors (Lipinski definition) is 0. The zero-order valence-corrected chi connectivity index (χ0v) is 10.6. The fourth-order valence-corrected chi connectivity index (χ4v) is 2.01. The van der Waals surface area contributed by atoms with E-state index >= 15 is 0 Å². The molecule has 1 aliphatic carbocycles. The van der Waals surface area contributed by atoms with E-state index in [9.17, 15) is 14.4 Å². The molecule has 1 fully saturated rings. The average molecular weight is 251 g/mol. The Balaban J connectivity index is 2.23. The number of aryl methyl sites for hydroxylation is 1. The second-order valence-corrected chi connectivity index (χ2v) is 4.54. The Morgan fingerprint density at radius 1 is 1.44 bits per heavy atom. The Bertz CT molecular complexity index is 569. The van der Waals surface area contributed by atoms with Gasteiger partial charge in [-0.2, -0.15) is 0 Å². The van der Waals surface area contributed by atoms with Crippen LogP contribution in [0.5, 0.6) is 0 Å². The standard InChI is InChI=1S/C12H17N3O3/c1-3-14(9-4-5-9)11(17)8-15-10(16)6-7-13(2)12(15)18/h6-7,9H,3-5,8H2,1-2H3. The van der Waals surface area contributed by atoms with Gasteiger partial charge in [-0.1, -0.05) is 0 Å². The molecule has 0 spiro atoms. The molecule has 0 bridgehead atoms. The monoisotopic (exact) mass is 251 g/mol. The van der Waals surface area contributed by atoms with Crippen molar-refractivity contribution in [2.24, 2.45) is 7.05 Å². The number of aromatic nitrogens is 2. The SMILES string of the molecule is CCN(C(=O)Cn1c(=O)ccn(C)c1=O)C1CC1. The highest BCUT2D eigenvalue weighted by Crippen LogP contribution is 2.26. The minimum atomic E-state index is -0.456. The minimum Gasteiger partial charge on any atom is -0.338 e. The molecular weight excluding hydrogens is 234 g/mol. The highest BCUT2D eigenvalue weighted by atomic mass is 16.2. The molecule has 0 radical (unpaired) electrons. The number of carbonyl (C=O) groups excluding carboxylic acids is 1. The Morgan fingerprint density at radius 2 is 2.11 bits per heavy atom. The second-order valence-electron chi connectivity index (χ2n) is 4.54. The number of amides is 1. The maximum absolute atomic E-state index is 12.1. The van der Waals surface area contributed by atoms with Crippen LogP contribution in [0.25, 0.3) is 0 Å². The molecule has 0 unspecified atom stereocenters. The van der Waals surface area contributed by atoms with Crippen LogP contribution in [-0.4, -0.2) is 32.5 Å². The Labute approximate surface area is 104 Å². The normalized spacial score (nSPS) is 14.6. The zero-order chi connectivity index (χ0) is 13.3. The first-order valence-corrected chi connectivity index (χ1v) is 6.10. The second kappa shape index (κ2) is 4.80. The lowest BCUT2D eigenvalue weighted by Crippen LogP contribution is -2.44. The summed E-state index contributed by atoms with van der Waals surface area (Å²) in [4.78, 5) is 37.2. The van der Waals surface area contributed by atoms with E-state index in [1.165, 1.54) is 16.8 Å². The number of likely N-dealkylation sites (N-methyl/N-ethyl adjacent to an activating group) is 1. The Hall–Kier alpha value is -1.85. The predicted octanol–water partition coefficient (Wildman–Crippen LogP) is -0.442. The first-order chi connectivity index (χ1) is 8.54. The summed E-state index contributed by atoms with van der Waals surface area (Å²) in [6.45, 7) is 2.35. The van der Waals surface area contributed by atoms with E-state index < -0.39 is 11.2 Å². The number of rotatable bonds is 4. The van der Waals surface area contributed by atoms with Gasteiger partial charge >= 0.3 is 5.69 Å². The van der Waals surface area contributed by atoms with Gasteiger partial charge in [-0.25, -0.2) is 4.79 Å². The van der Waals surface area contributed by atoms with E-state index in [0.717, 1.165) is 17.4 Å². The lowest BCUT2D eigenvalue weighted by molar-refractivity contribution is -0.132. The van der Waals surface area contributed by atoms with Crippen molar-refractivity contribution in [1.29, 1.82) is 0 Å². The average Bonchev–Trinajstić information content (AvgIpc) is 3.15. The number of hydrogen-bond acceptors (Lipinski definition) is 3. The number of carbonyl (C=O) groups is 1. The summed E-state index contributed by atoms with van der Waals surface area (Å²) in [6, 6.07) is 1.59. The molecule has 18 heavy (non-hydrogen) atoms. The van der Waals surface area contributed by atoms with Crippen molar-refractivity contribution in [1.82, 2.24) is 14.0 Å². The molecule has 1 amide bonds. The third-order valence-corrected chi connectivity index (χ3v) is 3.18. The van der Waals surface area contributed by atoms with E-state index in [4.69, 9.17) is 0 Å². The van der Waals surface area contributed by atoms with Crippen LogP contribution in [0.4, 0.5) is 0 Å². The van der Waals surface area contributed by atoms with Gasteiger partial charge in [0.2, 0.25) is 5.91 Å². The minimum absolute atomic E-state index is 0.162. The van der Waals surface area contributed by atoms with Gasteiger partial charge in [-0.05, 0) is 19.8 Å². The maximum atomic E-state index is 12.1. The van der Waals surface area contributed by atoms with Crippen LogP contribution in [0.15, 0.2) is 21.9 Å². The van der Waals surface area contributed by atoms with Gasteiger partial charge in [0.1, 0.15) is 6.54 Å². The van der Waals surface area contributed by atoms with Gasteiger partial charge in [-0.15, -0.1) is 0 Å². The molecule has 0 atom stereocenters. The van der Waals surface area contributed by atoms with E-state index in [1.54, 1.807) is 11.9 Å². The van der Waals surface area contributed by atoms with Crippen LogP contribution >= 0.6 is 0 Å². The van der Waals surface area contributed by atoms with E-state index in [0.29, 0.717) is 12.6 Å². The van der Waals surface area contributed by atoms with Crippen molar-refractivity contribution in [3.8, 4) is 0 Å². The van der Waals surface area contributed by atoms with Crippen molar-refractivity contribution in [2.45, 2.75) is 32.4 Å². The quantitative estimate of drug-likeness (QED) is 0.728. The van der Waals surface area contributed by atoms with Crippen LogP contribution in [0, 0.1) is 0 Å². The topological polar surface area (TPSA) is 64.3 Å². The van der Waals surface area contributed by atoms with E-state index in [-0.39, 0.29) is 12.5 Å². The van der Waals surface area contributed by atoms with Gasteiger partial charge in [0.15, 0.2) is 0 Å². The summed E-state index contributed by atoms with van der Waals surface area (Å²) >= 11 is 0. The van der Waals surface area contributed by atoms with Crippen LogP contribution in [0.2, 0.25) is 0 Å². The van der Waals surface area contributed by atoms with Gasteiger partial charge in [0.05, 0.1) is 0 Å². The van der Waals surface area contributed by atoms with Gasteiger partial charge < -0.3 is 9.47 Å². The van der Waals surface area contributed by atoms with Gasteiger partial charge in [0.25, 0.3) is 5.56 Å². The molecule has 6 heteroatoms. The summed E-state index contributed by atoms with van der Waals surface area (Å²) in [5, 5.41) is 0. The lowest BCUT2D eigenvalue weighted by atomic mass is 10.4. The molecule has 0 aromatic carbocycles. The molecule has 0 aliphatic heterocycles. The van der Waals surface area contributed by atoms with Gasteiger partial charge in [0, 0.05) is 31.9 Å². The molecule has 1 aromatic rings. The molecule has 98 valence electrons. The van der Waals surface area contributed by atoms with Gasteiger partial charge in [-0.3, -0.25) is 14.2 Å². The first-order valence-electron chi connectivity index (χ1n) is 6.10. The Kier molecular flexibility index (Phi) is 3.36. The van der Waals surface area contributed by atoms with E-state index in [2.05, 4.69) is 0 Å². The first kappa shape index (κ1) is 12.6. The lowest BCUT2D eigenvalue weighted by Gasteiger charge is -2.20. The highest BCUT2D eigenvalue weighted by molar-refractivity contribution is 5.76. The fraction of sp³-hybridized carbons (Fsp3) is 0.583. The number of nitrogens with zero attached hydrogens (tertiary/aromatic N) is 3. The summed E-state index contributed by atoms with van der Waals surface area (Å²) < 4.78 is 2.27. The molecule has 0 N–H and O–H groups in total. The molecule has 1 aliphatic rings. The predicted molar refractivity (Wildman–Crippen MR) is 66.4 cm³/mol. The third kappa shape index (κ3) is 2.37. The molecule has 1 saturated carbocycles. The van der Waals surface area contributed by atoms with Crippen molar-refractivity contribution >= 4 is 5.91 Å². The van der Waals surface area contributed by atoms with Crippen molar-refractivity contribution in [3.05, 3.63) is 33.1 Å². The van der Waals surface area contributed by atoms with Crippen molar-refractivity contribution in [2.75, 3.05) is 6.54 Å². The smallest absolute Gasteiger partial charge is 0.331 e. The summed E-state index contributed by atoms with van der Waals surface area (Å²) in [7, 11) is 1.56. The summed E-state index contributed by atoms with van der Waals surface area (Å²) in [5.74, 6) is -0.162. The fourth-order valence-electron chi connectivity index (χ4n) is 2.01. The van der Waals surface area contributed by atoms with Crippen molar-refractivity contribution in [3.63, 3.8) is 0 Å². The molecule has 1 heterocycles. The van der Waals surface area contributed by atoms with Crippen molar-refractivity contribution < 1.29 is 4.79 Å². The molecular formula is C12H17N3O3. The maximum Gasteiger partial charge on any atom is 0.331 e. The molecule has 0 saturated heterocycles. The van der Waals surface area contributed by atoms with E-state index in [1.807, 2.05) is 6.92 Å². The van der Waals surface area contributed by atoms with Crippen LogP contribution < -0.4 is 11.2 Å². The zero-order valence-electron chi connectivity index (χ0n) is 10.6. The highest BCUT2D eigenvalue weighted by Gasteiger charge is 2.31. The molecule has 6 nitrogen and oxygen atoms in total. The molecule has 1 aromatic heterocycles. The molecule has 2 rings (SSSR count). The summed E-state index contributed by atoms with van der Waals surface area (Å²) in [5.41, 5.74) is -0.888. The summed E-state index contributed by atoms with van der Waals surface area (Å²) in [6.07, 6.45) is 3.44. The van der Waals surface area contributed by atoms with Crippen LogP contribution in [-0.2, 0) is 18.4 Å². The third-order valence-electron chi connectivity index (χ3n) is 3.18. The Morgan fingerprint density at radius 3 is 2.67 bits per heavy atom.